The van der Waals surface area contributed by atoms with Crippen LogP contribution in [0.2, 0.25) is 0 Å². The predicted molar refractivity (Wildman–Crippen MR) is 129 cm³/mol. The first-order chi connectivity index (χ1) is 16.7. The van der Waals surface area contributed by atoms with E-state index in [0.29, 0.717) is 24.8 Å². The highest BCUT2D eigenvalue weighted by molar-refractivity contribution is 5.66. The molecule has 184 valence electrons. The van der Waals surface area contributed by atoms with Gasteiger partial charge in [-0.25, -0.2) is 13.2 Å². The van der Waals surface area contributed by atoms with E-state index < -0.39 is 34.9 Å². The summed E-state index contributed by atoms with van der Waals surface area (Å²) in [5.41, 5.74) is 0.311. The standard InChI is InChI=1S/C29H27F5O/c1-3-5-7-9-20-11-14-23(26(30)17-20)24-15-13-22(19-27(24)31)35-29(33,34)25-16-12-21(18-28(25)32)10-8-6-4-2/h3-6,11-19H,7-10H2,1-2H3/b5-3+,6-4+. The average Bonchev–Trinajstić information content (AvgIpc) is 2.80. The van der Waals surface area contributed by atoms with Crippen molar-refractivity contribution in [2.45, 2.75) is 45.6 Å². The molecular formula is C29H27F5O. The first-order valence-electron chi connectivity index (χ1n) is 11.4. The molecule has 6 heteroatoms. The van der Waals surface area contributed by atoms with E-state index in [1.807, 2.05) is 38.2 Å². The lowest BCUT2D eigenvalue weighted by molar-refractivity contribution is -0.187. The minimum Gasteiger partial charge on any atom is -0.429 e. The monoisotopic (exact) mass is 486 g/mol. The maximum absolute atomic E-state index is 14.7. The van der Waals surface area contributed by atoms with Gasteiger partial charge in [0, 0.05) is 17.2 Å². The summed E-state index contributed by atoms with van der Waals surface area (Å²) in [4.78, 5) is 0. The third-order valence-corrected chi connectivity index (χ3v) is 5.53. The van der Waals surface area contributed by atoms with E-state index in [2.05, 4.69) is 4.74 Å². The lowest BCUT2D eigenvalue weighted by Gasteiger charge is -2.19. The van der Waals surface area contributed by atoms with Gasteiger partial charge in [0.05, 0.1) is 5.56 Å². The molecule has 0 aliphatic carbocycles. The summed E-state index contributed by atoms with van der Waals surface area (Å²) in [5, 5.41) is 0. The number of hydrogen-bond donors (Lipinski definition) is 0. The van der Waals surface area contributed by atoms with Gasteiger partial charge in [-0.3, -0.25) is 0 Å². The fourth-order valence-corrected chi connectivity index (χ4v) is 3.70. The fraction of sp³-hybridized carbons (Fsp3) is 0.241. The lowest BCUT2D eigenvalue weighted by Crippen LogP contribution is -2.23. The summed E-state index contributed by atoms with van der Waals surface area (Å²) < 4.78 is 77.8. The predicted octanol–water partition coefficient (Wildman–Crippen LogP) is 8.92. The van der Waals surface area contributed by atoms with E-state index >= 15 is 0 Å². The molecule has 0 aromatic heterocycles. The molecule has 0 fully saturated rings. The Kier molecular flexibility index (Phi) is 8.85. The van der Waals surface area contributed by atoms with Gasteiger partial charge in [-0.15, -0.1) is 0 Å². The molecule has 0 aliphatic rings. The van der Waals surface area contributed by atoms with Gasteiger partial charge in [-0.1, -0.05) is 42.5 Å². The van der Waals surface area contributed by atoms with Crippen LogP contribution in [0, 0.1) is 17.5 Å². The summed E-state index contributed by atoms with van der Waals surface area (Å²) in [6.45, 7) is 3.76. The van der Waals surface area contributed by atoms with Crippen LogP contribution in [-0.4, -0.2) is 0 Å². The quantitative estimate of drug-likeness (QED) is 0.205. The summed E-state index contributed by atoms with van der Waals surface area (Å²) >= 11 is 0. The molecule has 3 aromatic carbocycles. The largest absolute Gasteiger partial charge is 0.429 e. The Morgan fingerprint density at radius 3 is 1.71 bits per heavy atom. The van der Waals surface area contributed by atoms with Gasteiger partial charge in [0.25, 0.3) is 0 Å². The van der Waals surface area contributed by atoms with Crippen LogP contribution in [0.4, 0.5) is 22.0 Å². The van der Waals surface area contributed by atoms with Crippen molar-refractivity contribution < 1.29 is 26.7 Å². The first-order valence-corrected chi connectivity index (χ1v) is 11.4. The molecule has 0 N–H and O–H groups in total. The summed E-state index contributed by atoms with van der Waals surface area (Å²) in [7, 11) is 0. The number of hydrogen-bond acceptors (Lipinski definition) is 1. The number of allylic oxidation sites excluding steroid dienone is 4. The summed E-state index contributed by atoms with van der Waals surface area (Å²) in [6, 6.07) is 10.9. The molecule has 0 saturated heterocycles. The maximum Gasteiger partial charge on any atom is 0.429 e. The van der Waals surface area contributed by atoms with Crippen LogP contribution in [-0.2, 0) is 19.0 Å². The van der Waals surface area contributed by atoms with Crippen LogP contribution in [0.3, 0.4) is 0 Å². The van der Waals surface area contributed by atoms with Gasteiger partial charge in [-0.05, 0) is 81.0 Å². The van der Waals surface area contributed by atoms with E-state index in [1.54, 1.807) is 6.07 Å². The molecule has 0 radical (unpaired) electrons. The molecule has 0 bridgehead atoms. The fourth-order valence-electron chi connectivity index (χ4n) is 3.70. The average molecular weight is 487 g/mol. The van der Waals surface area contributed by atoms with Gasteiger partial charge < -0.3 is 4.74 Å². The Bertz CT molecular complexity index is 1210. The van der Waals surface area contributed by atoms with Gasteiger partial charge in [0.2, 0.25) is 0 Å². The first kappa shape index (κ1) is 26.2. The minimum atomic E-state index is -4.03. The summed E-state index contributed by atoms with van der Waals surface area (Å²) in [6.07, 6.45) is 6.15. The Hall–Kier alpha value is -3.41. The molecular weight excluding hydrogens is 459 g/mol. The van der Waals surface area contributed by atoms with Crippen molar-refractivity contribution in [3.63, 3.8) is 0 Å². The zero-order valence-electron chi connectivity index (χ0n) is 19.6. The maximum atomic E-state index is 14.7. The second-order valence-electron chi connectivity index (χ2n) is 8.10. The molecule has 3 rings (SSSR count). The topological polar surface area (TPSA) is 9.23 Å². The number of ether oxygens (including phenoxy) is 1. The van der Waals surface area contributed by atoms with Crippen molar-refractivity contribution in [1.29, 1.82) is 0 Å². The smallest absolute Gasteiger partial charge is 0.429 e. The van der Waals surface area contributed by atoms with Gasteiger partial charge in [0.15, 0.2) is 0 Å². The molecule has 1 nitrogen and oxygen atoms in total. The number of benzene rings is 3. The number of aryl methyl sites for hydroxylation is 2. The molecule has 0 atom stereocenters. The number of rotatable bonds is 10. The highest BCUT2D eigenvalue weighted by Crippen LogP contribution is 2.36. The van der Waals surface area contributed by atoms with Crippen LogP contribution in [0.25, 0.3) is 11.1 Å². The van der Waals surface area contributed by atoms with Crippen molar-refractivity contribution in [2.75, 3.05) is 0 Å². The van der Waals surface area contributed by atoms with Gasteiger partial charge in [-0.2, -0.15) is 8.78 Å². The molecule has 0 unspecified atom stereocenters. The van der Waals surface area contributed by atoms with Crippen LogP contribution in [0.1, 0.15) is 43.4 Å². The second kappa shape index (κ2) is 11.8. The third kappa shape index (κ3) is 6.81. The van der Waals surface area contributed by atoms with Crippen LogP contribution in [0.15, 0.2) is 78.9 Å². The molecule has 0 spiro atoms. The van der Waals surface area contributed by atoms with E-state index in [1.165, 1.54) is 24.3 Å². The normalized spacial score (nSPS) is 12.1. The molecule has 0 saturated carbocycles. The lowest BCUT2D eigenvalue weighted by atomic mass is 10.0. The van der Waals surface area contributed by atoms with E-state index in [4.69, 9.17) is 0 Å². The minimum absolute atomic E-state index is 0.00939. The van der Waals surface area contributed by atoms with Gasteiger partial charge in [0.1, 0.15) is 23.2 Å². The van der Waals surface area contributed by atoms with Crippen LogP contribution >= 0.6 is 0 Å². The van der Waals surface area contributed by atoms with Gasteiger partial charge >= 0.3 is 6.11 Å². The third-order valence-electron chi connectivity index (χ3n) is 5.53. The zero-order chi connectivity index (χ0) is 25.4. The van der Waals surface area contributed by atoms with E-state index in [-0.39, 0.29) is 11.1 Å². The van der Waals surface area contributed by atoms with Crippen LogP contribution in [0.5, 0.6) is 5.75 Å². The Morgan fingerprint density at radius 1 is 0.686 bits per heavy atom. The van der Waals surface area contributed by atoms with Crippen molar-refractivity contribution >= 4 is 0 Å². The van der Waals surface area contributed by atoms with E-state index in [0.717, 1.165) is 36.2 Å². The molecule has 3 aromatic rings. The molecule has 0 aliphatic heterocycles. The Balaban J connectivity index is 1.77. The van der Waals surface area contributed by atoms with Crippen molar-refractivity contribution in [3.05, 3.63) is 113 Å². The SMILES string of the molecule is C/C=C/CCc1ccc(-c2ccc(OC(F)(F)c3ccc(CC/C=C/C)cc3F)cc2F)c(F)c1. The molecule has 35 heavy (non-hydrogen) atoms. The highest BCUT2D eigenvalue weighted by atomic mass is 19.3. The van der Waals surface area contributed by atoms with Crippen molar-refractivity contribution in [1.82, 2.24) is 0 Å². The molecule has 0 heterocycles. The van der Waals surface area contributed by atoms with Crippen molar-refractivity contribution in [2.24, 2.45) is 0 Å². The second-order valence-corrected chi connectivity index (χ2v) is 8.10. The number of halogens is 5. The van der Waals surface area contributed by atoms with Crippen molar-refractivity contribution in [3.8, 4) is 16.9 Å². The Labute approximate surface area is 202 Å². The highest BCUT2D eigenvalue weighted by Gasteiger charge is 2.38. The Morgan fingerprint density at radius 2 is 1.20 bits per heavy atom. The summed E-state index contributed by atoms with van der Waals surface area (Å²) in [5.74, 6) is -3.16. The van der Waals surface area contributed by atoms with Crippen LogP contribution < -0.4 is 4.74 Å². The van der Waals surface area contributed by atoms with E-state index in [9.17, 15) is 22.0 Å². The number of alkyl halides is 2. The molecule has 0 amide bonds. The zero-order valence-corrected chi connectivity index (χ0v) is 19.6.